The number of hydrogen-bond acceptors (Lipinski definition) is 5. The van der Waals surface area contributed by atoms with E-state index >= 15 is 0 Å². The summed E-state index contributed by atoms with van der Waals surface area (Å²) in [6.07, 6.45) is 7.54. The maximum absolute atomic E-state index is 12.4. The number of carbonyl (C=O) groups is 1. The minimum Gasteiger partial charge on any atom is -0.371 e. The summed E-state index contributed by atoms with van der Waals surface area (Å²) in [5.41, 5.74) is 0.956. The zero-order chi connectivity index (χ0) is 18.8. The third-order valence-corrected chi connectivity index (χ3v) is 5.72. The number of quaternary nitrogens is 1. The first-order chi connectivity index (χ1) is 13.1. The van der Waals surface area contributed by atoms with E-state index in [0.29, 0.717) is 19.3 Å². The van der Waals surface area contributed by atoms with Gasteiger partial charge in [0.15, 0.2) is 0 Å². The molecule has 150 valence electrons. The van der Waals surface area contributed by atoms with Crippen molar-refractivity contribution in [1.82, 2.24) is 25.6 Å². The smallest absolute Gasteiger partial charge is 0.315 e. The number of carbonyl (C=O) groups excluding carboxylic acids is 1. The van der Waals surface area contributed by atoms with E-state index in [1.807, 2.05) is 10.9 Å². The van der Waals surface area contributed by atoms with E-state index < -0.39 is 0 Å². The molecule has 4 rings (SSSR count). The largest absolute Gasteiger partial charge is 0.371 e. The van der Waals surface area contributed by atoms with Crippen LogP contribution in [0.2, 0.25) is 0 Å². The number of ether oxygens (including phenoxy) is 2. The average molecular weight is 379 g/mol. The lowest BCUT2D eigenvalue weighted by molar-refractivity contribution is -0.873. The Morgan fingerprint density at radius 1 is 1.19 bits per heavy atom. The van der Waals surface area contributed by atoms with Crippen molar-refractivity contribution in [2.24, 2.45) is 0 Å². The number of nitrogens with one attached hydrogen (secondary N) is 3. The summed E-state index contributed by atoms with van der Waals surface area (Å²) in [6.45, 7) is 1.82. The third-order valence-electron chi connectivity index (χ3n) is 5.72. The molecule has 3 N–H and O–H groups in total. The van der Waals surface area contributed by atoms with Gasteiger partial charge in [-0.25, -0.2) is 9.48 Å². The SMILES string of the molecule is C[NH+](C)Cc1cn([C@H]2CO[C@H]3[C@@H]2OC[C@@H]3NC(=O)NC2CCCCC2)nn1. The van der Waals surface area contributed by atoms with Gasteiger partial charge in [0.05, 0.1) is 39.5 Å². The Morgan fingerprint density at radius 2 is 1.96 bits per heavy atom. The van der Waals surface area contributed by atoms with Gasteiger partial charge in [-0.1, -0.05) is 24.5 Å². The van der Waals surface area contributed by atoms with E-state index in [9.17, 15) is 4.79 Å². The minimum atomic E-state index is -0.140. The van der Waals surface area contributed by atoms with Gasteiger partial charge < -0.3 is 25.0 Å². The molecule has 1 saturated carbocycles. The molecule has 0 spiro atoms. The molecule has 3 aliphatic rings. The van der Waals surface area contributed by atoms with Crippen LogP contribution in [-0.4, -0.2) is 72.6 Å². The lowest BCUT2D eigenvalue weighted by Crippen LogP contribution is -3.04. The second-order valence-corrected chi connectivity index (χ2v) is 8.30. The Kier molecular flexibility index (Phi) is 5.60. The van der Waals surface area contributed by atoms with Crippen LogP contribution in [0.25, 0.3) is 0 Å². The highest BCUT2D eigenvalue weighted by molar-refractivity contribution is 5.74. The average Bonchev–Trinajstić information content (AvgIpc) is 3.33. The van der Waals surface area contributed by atoms with Crippen molar-refractivity contribution < 1.29 is 19.2 Å². The first-order valence-corrected chi connectivity index (χ1v) is 10.1. The van der Waals surface area contributed by atoms with Gasteiger partial charge in [-0.15, -0.1) is 5.10 Å². The van der Waals surface area contributed by atoms with Crippen LogP contribution in [0.15, 0.2) is 6.20 Å². The van der Waals surface area contributed by atoms with Crippen LogP contribution in [0.3, 0.4) is 0 Å². The molecular formula is C18H31N6O3+. The molecule has 2 saturated heterocycles. The normalized spacial score (nSPS) is 31.2. The second-order valence-electron chi connectivity index (χ2n) is 8.30. The predicted molar refractivity (Wildman–Crippen MR) is 97.4 cm³/mol. The number of fused-ring (bicyclic) bond motifs is 1. The molecule has 9 heteroatoms. The number of aromatic nitrogens is 3. The summed E-state index contributed by atoms with van der Waals surface area (Å²) in [6, 6.07) is 0.0566. The van der Waals surface area contributed by atoms with E-state index in [2.05, 4.69) is 35.0 Å². The number of rotatable bonds is 5. The van der Waals surface area contributed by atoms with Crippen LogP contribution >= 0.6 is 0 Å². The molecule has 9 nitrogen and oxygen atoms in total. The van der Waals surface area contributed by atoms with Gasteiger partial charge in [0.1, 0.15) is 30.5 Å². The Hall–Kier alpha value is -1.71. The van der Waals surface area contributed by atoms with Crippen molar-refractivity contribution in [2.45, 2.75) is 69.0 Å². The quantitative estimate of drug-likeness (QED) is 0.627. The van der Waals surface area contributed by atoms with Gasteiger partial charge in [-0.05, 0) is 12.8 Å². The predicted octanol–water partition coefficient (Wildman–Crippen LogP) is -0.738. The fourth-order valence-electron chi connectivity index (χ4n) is 4.39. The van der Waals surface area contributed by atoms with Crippen molar-refractivity contribution in [2.75, 3.05) is 27.3 Å². The van der Waals surface area contributed by atoms with Crippen LogP contribution in [-0.2, 0) is 16.0 Å². The van der Waals surface area contributed by atoms with Crippen molar-refractivity contribution >= 4 is 6.03 Å². The highest BCUT2D eigenvalue weighted by atomic mass is 16.6. The molecular weight excluding hydrogens is 348 g/mol. The van der Waals surface area contributed by atoms with E-state index in [1.54, 1.807) is 0 Å². The van der Waals surface area contributed by atoms with Gasteiger partial charge >= 0.3 is 6.03 Å². The van der Waals surface area contributed by atoms with E-state index in [4.69, 9.17) is 9.47 Å². The van der Waals surface area contributed by atoms with Gasteiger partial charge in [0, 0.05) is 6.04 Å². The van der Waals surface area contributed by atoms with Crippen molar-refractivity contribution in [3.63, 3.8) is 0 Å². The molecule has 3 heterocycles. The highest BCUT2D eigenvalue weighted by Crippen LogP contribution is 2.33. The van der Waals surface area contributed by atoms with Crippen LogP contribution in [0.5, 0.6) is 0 Å². The Morgan fingerprint density at radius 3 is 2.74 bits per heavy atom. The van der Waals surface area contributed by atoms with Crippen LogP contribution in [0.1, 0.15) is 43.8 Å². The van der Waals surface area contributed by atoms with Crippen molar-refractivity contribution in [3.05, 3.63) is 11.9 Å². The lowest BCUT2D eigenvalue weighted by atomic mass is 9.96. The zero-order valence-electron chi connectivity index (χ0n) is 16.2. The summed E-state index contributed by atoms with van der Waals surface area (Å²) in [5, 5.41) is 14.7. The second kappa shape index (κ2) is 8.12. The highest BCUT2D eigenvalue weighted by Gasteiger charge is 2.49. The fraction of sp³-hybridized carbons (Fsp3) is 0.833. The Bertz CT molecular complexity index is 645. The van der Waals surface area contributed by atoms with E-state index in [-0.39, 0.29) is 30.3 Å². The molecule has 3 fully saturated rings. The summed E-state index contributed by atoms with van der Waals surface area (Å²) in [7, 11) is 4.17. The number of urea groups is 1. The topological polar surface area (TPSA) is 94.7 Å². The number of amides is 2. The fourth-order valence-corrected chi connectivity index (χ4v) is 4.39. The molecule has 2 aliphatic heterocycles. The Labute approximate surface area is 159 Å². The monoisotopic (exact) mass is 379 g/mol. The molecule has 0 aromatic carbocycles. The molecule has 0 unspecified atom stereocenters. The summed E-state index contributed by atoms with van der Waals surface area (Å²) < 4.78 is 13.8. The molecule has 27 heavy (non-hydrogen) atoms. The first kappa shape index (κ1) is 18.6. The molecule has 0 bridgehead atoms. The molecule has 1 aromatic rings. The molecule has 0 radical (unpaired) electrons. The van der Waals surface area contributed by atoms with Gasteiger partial charge in [-0.3, -0.25) is 0 Å². The number of nitrogens with zero attached hydrogens (tertiary/aromatic N) is 3. The third kappa shape index (κ3) is 4.25. The molecule has 1 aliphatic carbocycles. The van der Waals surface area contributed by atoms with Crippen molar-refractivity contribution in [3.8, 4) is 0 Å². The Balaban J connectivity index is 1.31. The molecule has 1 aromatic heterocycles. The summed E-state index contributed by atoms with van der Waals surface area (Å²) in [4.78, 5) is 13.6. The van der Waals surface area contributed by atoms with Crippen molar-refractivity contribution in [1.29, 1.82) is 0 Å². The standard InChI is InChI=1S/C18H30N6O3/c1-23(2)8-13-9-24(22-21-13)15-11-27-16-14(10-26-17(15)16)20-18(25)19-12-6-4-3-5-7-12/h9,12,14-17H,3-8,10-11H2,1-2H3,(H2,19,20,25)/p+1/t14-,15-,16+,17+/m0/s1. The first-order valence-electron chi connectivity index (χ1n) is 10.1. The van der Waals surface area contributed by atoms with Crippen LogP contribution < -0.4 is 15.5 Å². The van der Waals surface area contributed by atoms with Crippen LogP contribution in [0.4, 0.5) is 4.79 Å². The minimum absolute atomic E-state index is 0.00150. The number of hydrogen-bond donors (Lipinski definition) is 3. The summed E-state index contributed by atoms with van der Waals surface area (Å²) in [5.74, 6) is 0. The van der Waals surface area contributed by atoms with Crippen LogP contribution in [0, 0.1) is 0 Å². The maximum atomic E-state index is 12.4. The molecule has 4 atom stereocenters. The maximum Gasteiger partial charge on any atom is 0.315 e. The molecule has 2 amide bonds. The van der Waals surface area contributed by atoms with Gasteiger partial charge in [-0.2, -0.15) is 0 Å². The van der Waals surface area contributed by atoms with Gasteiger partial charge in [0.2, 0.25) is 0 Å². The van der Waals surface area contributed by atoms with Gasteiger partial charge in [0.25, 0.3) is 0 Å². The van der Waals surface area contributed by atoms with E-state index in [1.165, 1.54) is 24.2 Å². The lowest BCUT2D eigenvalue weighted by Gasteiger charge is -2.24. The summed E-state index contributed by atoms with van der Waals surface area (Å²) >= 11 is 0. The zero-order valence-corrected chi connectivity index (χ0v) is 16.2. The van der Waals surface area contributed by atoms with E-state index in [0.717, 1.165) is 25.1 Å².